The predicted octanol–water partition coefficient (Wildman–Crippen LogP) is 2.08. The van der Waals surface area contributed by atoms with Crippen LogP contribution in [0.25, 0.3) is 0 Å². The van der Waals surface area contributed by atoms with Crippen LogP contribution in [0.2, 0.25) is 0 Å². The van der Waals surface area contributed by atoms with Gasteiger partial charge in [0.25, 0.3) is 0 Å². The lowest BCUT2D eigenvalue weighted by Gasteiger charge is -2.21. The first kappa shape index (κ1) is 11.7. The number of aromatic nitrogens is 1. The first-order valence-corrected chi connectivity index (χ1v) is 5.58. The molecule has 4 heteroatoms. The highest BCUT2D eigenvalue weighted by Gasteiger charge is 2.08. The molecule has 0 bridgehead atoms. The number of rotatable bonds is 4. The van der Waals surface area contributed by atoms with Crippen LogP contribution in [0, 0.1) is 6.92 Å². The smallest absolute Gasteiger partial charge is 0.0952 e. The Bertz CT molecular complexity index is 479. The van der Waals surface area contributed by atoms with E-state index in [1.807, 2.05) is 26.2 Å². The van der Waals surface area contributed by atoms with Gasteiger partial charge >= 0.3 is 0 Å². The third-order valence-corrected chi connectivity index (χ3v) is 2.73. The second-order valence-electron chi connectivity index (χ2n) is 4.15. The van der Waals surface area contributed by atoms with Gasteiger partial charge in [0.05, 0.1) is 12.5 Å². The zero-order valence-electron chi connectivity index (χ0n) is 10.2. The lowest BCUT2D eigenvalue weighted by molar-refractivity contribution is 0.563. The fourth-order valence-electron chi connectivity index (χ4n) is 1.83. The van der Waals surface area contributed by atoms with Crippen LogP contribution in [-0.4, -0.2) is 12.0 Å². The summed E-state index contributed by atoms with van der Waals surface area (Å²) in [5, 5.41) is 0. The fourth-order valence-corrected chi connectivity index (χ4v) is 1.83. The third kappa shape index (κ3) is 2.65. The van der Waals surface area contributed by atoms with Gasteiger partial charge in [-0.1, -0.05) is 0 Å². The molecule has 2 aromatic rings. The first-order chi connectivity index (χ1) is 8.20. The van der Waals surface area contributed by atoms with E-state index in [1.54, 1.807) is 12.5 Å². The Hall–Kier alpha value is -1.81. The van der Waals surface area contributed by atoms with Gasteiger partial charge in [-0.3, -0.25) is 4.98 Å². The van der Waals surface area contributed by atoms with Crippen LogP contribution in [0.5, 0.6) is 0 Å². The number of hydrogen-bond donors (Lipinski definition) is 1. The molecule has 17 heavy (non-hydrogen) atoms. The molecule has 0 aromatic carbocycles. The van der Waals surface area contributed by atoms with Gasteiger partial charge in [-0.2, -0.15) is 0 Å². The van der Waals surface area contributed by atoms with Crippen molar-refractivity contribution in [3.05, 3.63) is 47.7 Å². The molecule has 2 heterocycles. The Morgan fingerprint density at radius 1 is 1.47 bits per heavy atom. The Morgan fingerprint density at radius 3 is 2.94 bits per heavy atom. The first-order valence-electron chi connectivity index (χ1n) is 5.58. The Labute approximate surface area is 101 Å². The van der Waals surface area contributed by atoms with Crippen molar-refractivity contribution in [3.8, 4) is 0 Å². The Kier molecular flexibility index (Phi) is 3.44. The lowest BCUT2D eigenvalue weighted by Crippen LogP contribution is -2.19. The largest absolute Gasteiger partial charge is 0.472 e. The van der Waals surface area contributed by atoms with Crippen molar-refractivity contribution in [2.75, 3.05) is 11.9 Å². The normalized spacial score (nSPS) is 10.5. The molecule has 2 aromatic heterocycles. The third-order valence-electron chi connectivity index (χ3n) is 2.73. The summed E-state index contributed by atoms with van der Waals surface area (Å²) in [5.41, 5.74) is 10.0. The maximum absolute atomic E-state index is 5.73. The highest BCUT2D eigenvalue weighted by molar-refractivity contribution is 5.53. The summed E-state index contributed by atoms with van der Waals surface area (Å²) in [5.74, 6) is 0. The van der Waals surface area contributed by atoms with Gasteiger partial charge in [0.15, 0.2) is 0 Å². The quantitative estimate of drug-likeness (QED) is 0.875. The molecule has 0 aliphatic heterocycles. The van der Waals surface area contributed by atoms with Crippen LogP contribution in [-0.2, 0) is 13.1 Å². The number of nitrogens with two attached hydrogens (primary N) is 1. The van der Waals surface area contributed by atoms with Crippen molar-refractivity contribution < 1.29 is 4.42 Å². The van der Waals surface area contributed by atoms with Crippen molar-refractivity contribution in [3.63, 3.8) is 0 Å². The molecule has 2 rings (SSSR count). The molecular weight excluding hydrogens is 214 g/mol. The van der Waals surface area contributed by atoms with Crippen molar-refractivity contribution in [2.24, 2.45) is 5.73 Å². The maximum atomic E-state index is 5.73. The van der Waals surface area contributed by atoms with Crippen molar-refractivity contribution >= 4 is 5.69 Å². The van der Waals surface area contributed by atoms with Crippen LogP contribution in [0.4, 0.5) is 5.69 Å². The summed E-state index contributed by atoms with van der Waals surface area (Å²) in [4.78, 5) is 6.42. The minimum absolute atomic E-state index is 0.498. The van der Waals surface area contributed by atoms with Crippen molar-refractivity contribution in [2.45, 2.75) is 20.0 Å². The predicted molar refractivity (Wildman–Crippen MR) is 67.7 cm³/mol. The average molecular weight is 231 g/mol. The lowest BCUT2D eigenvalue weighted by atomic mass is 10.2. The number of hydrogen-bond acceptors (Lipinski definition) is 4. The minimum Gasteiger partial charge on any atom is -0.472 e. The summed E-state index contributed by atoms with van der Waals surface area (Å²) in [6, 6.07) is 4.02. The Balaban J connectivity index is 2.23. The van der Waals surface area contributed by atoms with Gasteiger partial charge in [-0.25, -0.2) is 0 Å². The number of anilines is 1. The molecule has 0 aliphatic carbocycles. The fraction of sp³-hybridized carbons (Fsp3) is 0.308. The van der Waals surface area contributed by atoms with Crippen LogP contribution in [0.15, 0.2) is 35.3 Å². The molecule has 0 aliphatic rings. The van der Waals surface area contributed by atoms with Gasteiger partial charge in [-0.05, 0) is 19.1 Å². The monoisotopic (exact) mass is 231 g/mol. The molecule has 4 nitrogen and oxygen atoms in total. The number of furan rings is 1. The van der Waals surface area contributed by atoms with E-state index >= 15 is 0 Å². The summed E-state index contributed by atoms with van der Waals surface area (Å²) < 4.78 is 5.07. The molecule has 2 N–H and O–H groups in total. The zero-order valence-corrected chi connectivity index (χ0v) is 10.2. The van der Waals surface area contributed by atoms with E-state index in [0.717, 1.165) is 29.1 Å². The minimum atomic E-state index is 0.498. The van der Waals surface area contributed by atoms with E-state index in [4.69, 9.17) is 10.2 Å². The summed E-state index contributed by atoms with van der Waals surface area (Å²) in [6.07, 6.45) is 5.29. The second kappa shape index (κ2) is 5.01. The van der Waals surface area contributed by atoms with Crippen molar-refractivity contribution in [1.82, 2.24) is 4.98 Å². The molecule has 0 saturated carbocycles. The summed E-state index contributed by atoms with van der Waals surface area (Å²) in [6.45, 7) is 3.28. The molecule has 0 unspecified atom stereocenters. The van der Waals surface area contributed by atoms with E-state index in [2.05, 4.69) is 16.0 Å². The highest BCUT2D eigenvalue weighted by atomic mass is 16.3. The summed E-state index contributed by atoms with van der Waals surface area (Å²) in [7, 11) is 2.04. The zero-order chi connectivity index (χ0) is 12.3. The SMILES string of the molecule is Cc1cc(N(C)Cc2ccoc2)c(CN)cn1. The number of nitrogens with zero attached hydrogens (tertiary/aromatic N) is 2. The Morgan fingerprint density at radius 2 is 2.29 bits per heavy atom. The highest BCUT2D eigenvalue weighted by Crippen LogP contribution is 2.21. The van der Waals surface area contributed by atoms with Gasteiger partial charge in [0, 0.05) is 48.8 Å². The van der Waals surface area contributed by atoms with Gasteiger partial charge < -0.3 is 15.1 Å². The molecule has 0 radical (unpaired) electrons. The molecule has 0 atom stereocenters. The molecular formula is C13H17N3O. The maximum Gasteiger partial charge on any atom is 0.0952 e. The van der Waals surface area contributed by atoms with E-state index < -0.39 is 0 Å². The van der Waals surface area contributed by atoms with Crippen LogP contribution in [0.3, 0.4) is 0 Å². The van der Waals surface area contributed by atoms with Crippen molar-refractivity contribution in [1.29, 1.82) is 0 Å². The van der Waals surface area contributed by atoms with E-state index in [1.165, 1.54) is 0 Å². The average Bonchev–Trinajstić information content (AvgIpc) is 2.81. The molecule has 90 valence electrons. The summed E-state index contributed by atoms with van der Waals surface area (Å²) >= 11 is 0. The molecule has 0 saturated heterocycles. The van der Waals surface area contributed by atoms with Gasteiger partial charge in [-0.15, -0.1) is 0 Å². The molecule has 0 amide bonds. The number of pyridine rings is 1. The standard InChI is InChI=1S/C13H17N3O/c1-10-5-13(12(6-14)7-15-10)16(2)8-11-3-4-17-9-11/h3-5,7,9H,6,8,14H2,1-2H3. The number of aryl methyl sites for hydroxylation is 1. The molecule has 0 spiro atoms. The van der Waals surface area contributed by atoms with E-state index in [-0.39, 0.29) is 0 Å². The van der Waals surface area contributed by atoms with E-state index in [0.29, 0.717) is 6.54 Å². The van der Waals surface area contributed by atoms with Gasteiger partial charge in [0.2, 0.25) is 0 Å². The van der Waals surface area contributed by atoms with Crippen LogP contribution < -0.4 is 10.6 Å². The second-order valence-corrected chi connectivity index (χ2v) is 4.15. The molecule has 0 fully saturated rings. The van der Waals surface area contributed by atoms with E-state index in [9.17, 15) is 0 Å². The van der Waals surface area contributed by atoms with Crippen LogP contribution in [0.1, 0.15) is 16.8 Å². The van der Waals surface area contributed by atoms with Gasteiger partial charge in [0.1, 0.15) is 0 Å². The topological polar surface area (TPSA) is 55.3 Å². The van der Waals surface area contributed by atoms with Crippen LogP contribution >= 0.6 is 0 Å².